The number of methoxy groups -OCH3 is 1. The molecule has 2 unspecified atom stereocenters. The van der Waals surface area contributed by atoms with E-state index in [9.17, 15) is 0 Å². The second kappa shape index (κ2) is 19.2. The van der Waals surface area contributed by atoms with Crippen molar-refractivity contribution in [2.24, 2.45) is 23.7 Å². The highest BCUT2D eigenvalue weighted by Gasteiger charge is 2.30. The van der Waals surface area contributed by atoms with Gasteiger partial charge in [-0.05, 0) is 106 Å². The van der Waals surface area contributed by atoms with E-state index < -0.39 is 0 Å². The molecule has 0 saturated heterocycles. The summed E-state index contributed by atoms with van der Waals surface area (Å²) in [5.74, 6) is 2.73. The minimum Gasteiger partial charge on any atom is -0.382 e. The Morgan fingerprint density at radius 1 is 0.762 bits per heavy atom. The van der Waals surface area contributed by atoms with Gasteiger partial charge in [-0.1, -0.05) is 68.6 Å². The van der Waals surface area contributed by atoms with Crippen LogP contribution in [0.4, 0.5) is 0 Å². The summed E-state index contributed by atoms with van der Waals surface area (Å²) >= 11 is 0. The summed E-state index contributed by atoms with van der Waals surface area (Å²) in [6, 6.07) is 0. The van der Waals surface area contributed by atoms with E-state index in [0.717, 1.165) is 31.8 Å². The molecular weight excluding hydrogens is 524 g/mol. The van der Waals surface area contributed by atoms with Crippen molar-refractivity contribution >= 4 is 0 Å². The normalized spacial score (nSPS) is 30.1. The molecule has 0 spiro atoms. The van der Waals surface area contributed by atoms with Gasteiger partial charge in [0.2, 0.25) is 0 Å². The third kappa shape index (κ3) is 10.7. The van der Waals surface area contributed by atoms with Gasteiger partial charge in [-0.3, -0.25) is 0 Å². The van der Waals surface area contributed by atoms with E-state index >= 15 is 0 Å². The third-order valence-corrected chi connectivity index (χ3v) is 10.3. The Morgan fingerprint density at radius 3 is 2.12 bits per heavy atom. The van der Waals surface area contributed by atoms with E-state index in [1.807, 2.05) is 0 Å². The van der Waals surface area contributed by atoms with Gasteiger partial charge in [-0.2, -0.15) is 0 Å². The van der Waals surface area contributed by atoms with Crippen molar-refractivity contribution in [2.45, 2.75) is 122 Å². The van der Waals surface area contributed by atoms with Crippen LogP contribution in [0.25, 0.3) is 0 Å². The Hall–Kier alpha value is -1.24. The van der Waals surface area contributed by atoms with E-state index in [2.05, 4.69) is 37.3 Å². The molecule has 0 aromatic carbocycles. The fourth-order valence-corrected chi connectivity index (χ4v) is 7.74. The van der Waals surface area contributed by atoms with Crippen LogP contribution >= 0.6 is 0 Å². The first-order chi connectivity index (χ1) is 20.7. The summed E-state index contributed by atoms with van der Waals surface area (Å²) in [7, 11) is 1.75. The molecule has 5 nitrogen and oxygen atoms in total. The Kier molecular flexibility index (Phi) is 15.4. The van der Waals surface area contributed by atoms with Crippen LogP contribution in [0.1, 0.15) is 110 Å². The van der Waals surface area contributed by atoms with Crippen molar-refractivity contribution < 1.29 is 24.1 Å². The molecule has 0 aromatic heterocycles. The largest absolute Gasteiger partial charge is 0.382 e. The van der Waals surface area contributed by atoms with Crippen LogP contribution in [0.3, 0.4) is 0 Å². The van der Waals surface area contributed by atoms with E-state index in [-0.39, 0.29) is 6.79 Å². The number of rotatable bonds is 18. The molecule has 1 N–H and O–H groups in total. The Balaban J connectivity index is 1.29. The number of aliphatic hydroxyl groups excluding tert-OH is 1. The number of hydrogen-bond donors (Lipinski definition) is 1. The van der Waals surface area contributed by atoms with Gasteiger partial charge in [0, 0.05) is 13.0 Å². The molecule has 238 valence electrons. The SMILES string of the molecule is CCCCCCCC1=CC(C2CCC(OCCOCO)CC2)=CCC1C1=CCC(C2CCC(OCCOC)CC2)C=C1. The topological polar surface area (TPSA) is 57.2 Å². The van der Waals surface area contributed by atoms with Gasteiger partial charge in [0.25, 0.3) is 0 Å². The molecule has 5 heteroatoms. The summed E-state index contributed by atoms with van der Waals surface area (Å²) in [6.45, 7) is 4.56. The number of aliphatic hydroxyl groups is 1. The highest BCUT2D eigenvalue weighted by Crippen LogP contribution is 2.42. The van der Waals surface area contributed by atoms with Gasteiger partial charge in [0.05, 0.1) is 38.6 Å². The maximum Gasteiger partial charge on any atom is 0.143 e. The Morgan fingerprint density at radius 2 is 1.45 bits per heavy atom. The van der Waals surface area contributed by atoms with Crippen LogP contribution in [-0.2, 0) is 18.9 Å². The van der Waals surface area contributed by atoms with Crippen molar-refractivity contribution in [3.63, 3.8) is 0 Å². The lowest BCUT2D eigenvalue weighted by atomic mass is 9.72. The average molecular weight is 585 g/mol. The fourth-order valence-electron chi connectivity index (χ4n) is 7.74. The molecule has 0 heterocycles. The van der Waals surface area contributed by atoms with E-state index in [4.69, 9.17) is 24.1 Å². The van der Waals surface area contributed by atoms with Crippen LogP contribution in [0.2, 0.25) is 0 Å². The second-order valence-corrected chi connectivity index (χ2v) is 13.1. The first-order valence-electron chi connectivity index (χ1n) is 17.4. The quantitative estimate of drug-likeness (QED) is 0.129. The molecular formula is C37H60O5. The maximum atomic E-state index is 8.80. The lowest BCUT2D eigenvalue weighted by Crippen LogP contribution is -2.27. The summed E-state index contributed by atoms with van der Waals surface area (Å²) in [5.41, 5.74) is 4.85. The van der Waals surface area contributed by atoms with E-state index in [1.54, 1.807) is 23.8 Å². The highest BCUT2D eigenvalue weighted by atomic mass is 16.6. The predicted molar refractivity (Wildman–Crippen MR) is 171 cm³/mol. The third-order valence-electron chi connectivity index (χ3n) is 10.3. The second-order valence-electron chi connectivity index (χ2n) is 13.1. The molecule has 0 bridgehead atoms. The molecule has 0 aromatic rings. The van der Waals surface area contributed by atoms with Gasteiger partial charge in [-0.25, -0.2) is 0 Å². The number of hydrogen-bond acceptors (Lipinski definition) is 5. The molecule has 2 fully saturated rings. The number of unbranched alkanes of at least 4 members (excludes halogenated alkanes) is 4. The molecule has 4 aliphatic carbocycles. The van der Waals surface area contributed by atoms with Crippen molar-refractivity contribution in [2.75, 3.05) is 40.3 Å². The molecule has 4 aliphatic rings. The smallest absolute Gasteiger partial charge is 0.143 e. The molecule has 0 radical (unpaired) electrons. The van der Waals surface area contributed by atoms with Crippen molar-refractivity contribution in [1.82, 2.24) is 0 Å². The van der Waals surface area contributed by atoms with Crippen LogP contribution in [0.15, 0.2) is 47.1 Å². The molecule has 0 aliphatic heterocycles. The predicted octanol–water partition coefficient (Wildman–Crippen LogP) is 8.49. The zero-order valence-electron chi connectivity index (χ0n) is 26.8. The van der Waals surface area contributed by atoms with Gasteiger partial charge in [0.15, 0.2) is 0 Å². The molecule has 4 rings (SSSR count). The van der Waals surface area contributed by atoms with E-state index in [0.29, 0.717) is 49.8 Å². The Bertz CT molecular complexity index is 873. The average Bonchev–Trinajstić information content (AvgIpc) is 3.04. The highest BCUT2D eigenvalue weighted by molar-refractivity contribution is 5.41. The number of ether oxygens (including phenoxy) is 4. The molecule has 2 saturated carbocycles. The lowest BCUT2D eigenvalue weighted by molar-refractivity contribution is -0.0531. The zero-order chi connectivity index (χ0) is 29.4. The first-order valence-corrected chi connectivity index (χ1v) is 17.4. The van der Waals surface area contributed by atoms with Crippen LogP contribution in [0, 0.1) is 23.7 Å². The first kappa shape index (κ1) is 33.6. The van der Waals surface area contributed by atoms with Gasteiger partial charge >= 0.3 is 0 Å². The maximum absolute atomic E-state index is 8.80. The molecule has 42 heavy (non-hydrogen) atoms. The summed E-state index contributed by atoms with van der Waals surface area (Å²) in [5, 5.41) is 8.80. The fraction of sp³-hybridized carbons (Fsp3) is 0.784. The van der Waals surface area contributed by atoms with Crippen LogP contribution in [0.5, 0.6) is 0 Å². The summed E-state index contributed by atoms with van der Waals surface area (Å²) < 4.78 is 22.2. The van der Waals surface area contributed by atoms with Crippen molar-refractivity contribution in [3.05, 3.63) is 47.1 Å². The van der Waals surface area contributed by atoms with Crippen molar-refractivity contribution in [1.29, 1.82) is 0 Å². The van der Waals surface area contributed by atoms with E-state index in [1.165, 1.54) is 83.5 Å². The molecule has 2 atom stereocenters. The Labute approximate surface area is 256 Å². The zero-order valence-corrected chi connectivity index (χ0v) is 26.8. The van der Waals surface area contributed by atoms with Gasteiger partial charge in [-0.15, -0.1) is 0 Å². The standard InChI is InChI=1S/C37H60O5/c1-3-4-5-6-7-8-34-27-33(31-15-20-36(21-16-31)42-26-24-40-28-38)17-22-37(34)32-11-9-29(10-12-32)30-13-18-35(19-14-30)41-25-23-39-2/h9,11-12,17,27,29-31,35-38H,3-8,10,13-16,18-26,28H2,1-2H3. The van der Waals surface area contributed by atoms with Crippen LogP contribution < -0.4 is 0 Å². The van der Waals surface area contributed by atoms with Gasteiger partial charge < -0.3 is 24.1 Å². The lowest BCUT2D eigenvalue weighted by Gasteiger charge is -2.35. The van der Waals surface area contributed by atoms with Crippen LogP contribution in [-0.4, -0.2) is 57.6 Å². The minimum absolute atomic E-state index is 0.224. The summed E-state index contributed by atoms with van der Waals surface area (Å²) in [4.78, 5) is 0. The number of allylic oxidation sites excluding steroid dienone is 8. The van der Waals surface area contributed by atoms with Gasteiger partial charge in [0.1, 0.15) is 6.79 Å². The minimum atomic E-state index is -0.224. The van der Waals surface area contributed by atoms with Crippen molar-refractivity contribution in [3.8, 4) is 0 Å². The monoisotopic (exact) mass is 584 g/mol. The summed E-state index contributed by atoms with van der Waals surface area (Å²) in [6.07, 6.45) is 33.6. The molecule has 0 amide bonds.